The largest absolute Gasteiger partial charge is 0.452 e. The highest BCUT2D eigenvalue weighted by molar-refractivity contribution is 5.93. The van der Waals surface area contributed by atoms with Crippen LogP contribution in [0.15, 0.2) is 36.4 Å². The molecule has 3 rings (SSSR count). The highest BCUT2D eigenvalue weighted by Gasteiger charge is 2.28. The molecule has 2 N–H and O–H groups in total. The maximum absolute atomic E-state index is 12.6. The topological polar surface area (TPSA) is 94.6 Å². The van der Waals surface area contributed by atoms with Crippen molar-refractivity contribution in [3.63, 3.8) is 0 Å². The highest BCUT2D eigenvalue weighted by atomic mass is 16.5. The summed E-state index contributed by atoms with van der Waals surface area (Å²) in [6, 6.07) is 11.8. The van der Waals surface area contributed by atoms with Crippen molar-refractivity contribution in [1.82, 2.24) is 9.47 Å². The zero-order chi connectivity index (χ0) is 21.0. The van der Waals surface area contributed by atoms with E-state index < -0.39 is 11.9 Å². The lowest BCUT2D eigenvalue weighted by Crippen LogP contribution is -2.45. The first kappa shape index (κ1) is 20.6. The van der Waals surface area contributed by atoms with Crippen LogP contribution in [0.5, 0.6) is 0 Å². The number of primary amides is 1. The van der Waals surface area contributed by atoms with Gasteiger partial charge in [0.05, 0.1) is 11.5 Å². The molecule has 7 heteroatoms. The normalized spacial score (nSPS) is 16.5. The monoisotopic (exact) mass is 397 g/mol. The lowest BCUT2D eigenvalue weighted by molar-refractivity contribution is -0.137. The Hall–Kier alpha value is -3.09. The molecule has 7 nitrogen and oxygen atoms in total. The number of likely N-dealkylation sites (tertiary alicyclic amines) is 1. The molecule has 1 aromatic carbocycles. The van der Waals surface area contributed by atoms with Crippen molar-refractivity contribution in [2.75, 3.05) is 19.7 Å². The van der Waals surface area contributed by atoms with E-state index in [1.807, 2.05) is 44.2 Å². The number of esters is 1. The lowest BCUT2D eigenvalue weighted by atomic mass is 9.97. The molecular formula is C22H27N3O4. The summed E-state index contributed by atoms with van der Waals surface area (Å²) in [4.78, 5) is 37.9. The Labute approximate surface area is 170 Å². The van der Waals surface area contributed by atoms with Crippen molar-refractivity contribution in [1.29, 1.82) is 0 Å². The van der Waals surface area contributed by atoms with Gasteiger partial charge in [0.15, 0.2) is 6.61 Å². The Morgan fingerprint density at radius 2 is 1.90 bits per heavy atom. The standard InChI is InChI=1S/C22H27N3O4/c1-15-11-19(16(2)25(15)12-17-7-4-3-5-8-17)22(28)29-14-20(26)24-10-6-9-18(13-24)21(23)27/h3-5,7-8,11,18H,6,9-10,12-14H2,1-2H3,(H2,23,27)/t18-/m0/s1. The molecule has 29 heavy (non-hydrogen) atoms. The Balaban J connectivity index is 1.61. The van der Waals surface area contributed by atoms with Crippen LogP contribution in [-0.2, 0) is 20.9 Å². The fourth-order valence-electron chi connectivity index (χ4n) is 3.75. The first-order chi connectivity index (χ1) is 13.9. The predicted octanol–water partition coefficient (Wildman–Crippen LogP) is 2.03. The van der Waals surface area contributed by atoms with Gasteiger partial charge in [-0.25, -0.2) is 4.79 Å². The van der Waals surface area contributed by atoms with E-state index in [4.69, 9.17) is 10.5 Å². The van der Waals surface area contributed by atoms with Gasteiger partial charge in [-0.3, -0.25) is 9.59 Å². The SMILES string of the molecule is Cc1cc(C(=O)OCC(=O)N2CCC[C@H](C(N)=O)C2)c(C)n1Cc1ccccc1. The van der Waals surface area contributed by atoms with Crippen LogP contribution in [0.1, 0.15) is 40.2 Å². The minimum absolute atomic E-state index is 0.289. The van der Waals surface area contributed by atoms with Crippen molar-refractivity contribution in [2.45, 2.75) is 33.2 Å². The number of amides is 2. The Morgan fingerprint density at radius 1 is 1.17 bits per heavy atom. The molecule has 2 heterocycles. The van der Waals surface area contributed by atoms with Gasteiger partial charge < -0.3 is 19.9 Å². The Kier molecular flexibility index (Phi) is 6.36. The third kappa shape index (κ3) is 4.85. The van der Waals surface area contributed by atoms with E-state index in [-0.39, 0.29) is 25.0 Å². The minimum atomic E-state index is -0.519. The van der Waals surface area contributed by atoms with Gasteiger partial charge in [0.1, 0.15) is 0 Å². The second kappa shape index (κ2) is 8.94. The molecule has 0 aliphatic carbocycles. The van der Waals surface area contributed by atoms with E-state index in [1.165, 1.54) is 0 Å². The zero-order valence-electron chi connectivity index (χ0n) is 16.9. The summed E-state index contributed by atoms with van der Waals surface area (Å²) in [5, 5.41) is 0. The van der Waals surface area contributed by atoms with E-state index >= 15 is 0 Å². The molecule has 2 aromatic rings. The molecule has 2 amide bonds. The van der Waals surface area contributed by atoms with Crippen molar-refractivity contribution in [2.24, 2.45) is 11.7 Å². The van der Waals surface area contributed by atoms with Gasteiger partial charge in [-0.2, -0.15) is 0 Å². The summed E-state index contributed by atoms with van der Waals surface area (Å²) < 4.78 is 7.33. The van der Waals surface area contributed by atoms with Gasteiger partial charge in [-0.15, -0.1) is 0 Å². The number of nitrogens with two attached hydrogens (primary N) is 1. The molecule has 1 saturated heterocycles. The molecule has 1 atom stereocenters. The first-order valence-corrected chi connectivity index (χ1v) is 9.81. The van der Waals surface area contributed by atoms with E-state index in [9.17, 15) is 14.4 Å². The molecule has 154 valence electrons. The predicted molar refractivity (Wildman–Crippen MR) is 108 cm³/mol. The molecule has 1 aliphatic rings. The third-order valence-electron chi connectivity index (χ3n) is 5.48. The van der Waals surface area contributed by atoms with E-state index in [0.29, 0.717) is 31.5 Å². The molecule has 1 aliphatic heterocycles. The number of nitrogens with zero attached hydrogens (tertiary/aromatic N) is 2. The summed E-state index contributed by atoms with van der Waals surface area (Å²) in [5.41, 5.74) is 8.70. The van der Waals surface area contributed by atoms with Crippen LogP contribution in [-0.4, -0.2) is 46.9 Å². The van der Waals surface area contributed by atoms with Crippen molar-refractivity contribution in [3.8, 4) is 0 Å². The number of carbonyl (C=O) groups excluding carboxylic acids is 3. The van der Waals surface area contributed by atoms with Crippen molar-refractivity contribution in [3.05, 3.63) is 58.9 Å². The number of hydrogen-bond donors (Lipinski definition) is 1. The molecule has 0 bridgehead atoms. The molecule has 0 saturated carbocycles. The van der Waals surface area contributed by atoms with Gasteiger partial charge >= 0.3 is 5.97 Å². The summed E-state index contributed by atoms with van der Waals surface area (Å²) >= 11 is 0. The molecule has 0 spiro atoms. The second-order valence-electron chi connectivity index (χ2n) is 7.51. The summed E-state index contributed by atoms with van der Waals surface area (Å²) in [6.07, 6.45) is 1.40. The third-order valence-corrected chi connectivity index (χ3v) is 5.48. The van der Waals surface area contributed by atoms with Crippen molar-refractivity contribution >= 4 is 17.8 Å². The number of rotatable bonds is 6. The van der Waals surface area contributed by atoms with Gasteiger partial charge in [0.2, 0.25) is 5.91 Å². The van der Waals surface area contributed by atoms with Crippen LogP contribution in [0, 0.1) is 19.8 Å². The lowest BCUT2D eigenvalue weighted by Gasteiger charge is -2.31. The van der Waals surface area contributed by atoms with Crippen LogP contribution in [0.2, 0.25) is 0 Å². The van der Waals surface area contributed by atoms with E-state index in [0.717, 1.165) is 17.0 Å². The second-order valence-corrected chi connectivity index (χ2v) is 7.51. The van der Waals surface area contributed by atoms with Gasteiger partial charge in [0.25, 0.3) is 5.91 Å². The van der Waals surface area contributed by atoms with E-state index in [1.54, 1.807) is 11.0 Å². The molecule has 0 radical (unpaired) electrons. The average molecular weight is 397 g/mol. The smallest absolute Gasteiger partial charge is 0.340 e. The summed E-state index contributed by atoms with van der Waals surface area (Å²) in [6.45, 7) is 4.97. The molecular weight excluding hydrogens is 370 g/mol. The zero-order valence-corrected chi connectivity index (χ0v) is 16.9. The maximum atomic E-state index is 12.6. The number of hydrogen-bond acceptors (Lipinski definition) is 4. The minimum Gasteiger partial charge on any atom is -0.452 e. The van der Waals surface area contributed by atoms with E-state index in [2.05, 4.69) is 4.57 Å². The van der Waals surface area contributed by atoms with Crippen LogP contribution in [0.25, 0.3) is 0 Å². The highest BCUT2D eigenvalue weighted by Crippen LogP contribution is 2.19. The summed E-state index contributed by atoms with van der Waals surface area (Å²) in [7, 11) is 0. The first-order valence-electron chi connectivity index (χ1n) is 9.81. The van der Waals surface area contributed by atoms with Gasteiger partial charge in [-0.1, -0.05) is 30.3 Å². The molecule has 1 fully saturated rings. The van der Waals surface area contributed by atoms with Gasteiger partial charge in [-0.05, 0) is 38.3 Å². The number of carbonyl (C=O) groups is 3. The molecule has 1 aromatic heterocycles. The Bertz CT molecular complexity index is 904. The quantitative estimate of drug-likeness (QED) is 0.755. The van der Waals surface area contributed by atoms with Crippen LogP contribution in [0.3, 0.4) is 0 Å². The van der Waals surface area contributed by atoms with Crippen LogP contribution < -0.4 is 5.73 Å². The average Bonchev–Trinajstić information content (AvgIpc) is 3.01. The number of benzene rings is 1. The molecule has 0 unspecified atom stereocenters. The van der Waals surface area contributed by atoms with Crippen LogP contribution >= 0.6 is 0 Å². The number of ether oxygens (including phenoxy) is 1. The Morgan fingerprint density at radius 3 is 2.59 bits per heavy atom. The van der Waals surface area contributed by atoms with Gasteiger partial charge in [0, 0.05) is 31.0 Å². The number of aryl methyl sites for hydroxylation is 1. The fourth-order valence-corrected chi connectivity index (χ4v) is 3.75. The van der Waals surface area contributed by atoms with Crippen LogP contribution in [0.4, 0.5) is 0 Å². The maximum Gasteiger partial charge on any atom is 0.340 e. The number of aromatic nitrogens is 1. The number of piperidine rings is 1. The summed E-state index contributed by atoms with van der Waals surface area (Å²) in [5.74, 6) is -1.55. The fraction of sp³-hybridized carbons (Fsp3) is 0.409. The van der Waals surface area contributed by atoms with Crippen molar-refractivity contribution < 1.29 is 19.1 Å².